The molecule has 0 radical (unpaired) electrons. The highest BCUT2D eigenvalue weighted by atomic mass is 19.1. The number of nitrogens with one attached hydrogen (secondary N) is 2. The first-order valence-electron chi connectivity index (χ1n) is 9.10. The van der Waals surface area contributed by atoms with E-state index in [-0.39, 0.29) is 5.56 Å². The van der Waals surface area contributed by atoms with Crippen LogP contribution >= 0.6 is 0 Å². The summed E-state index contributed by atoms with van der Waals surface area (Å²) < 4.78 is 28.0. The molecule has 8 nitrogen and oxygen atoms in total. The molecule has 2 aromatic carbocycles. The molecule has 0 saturated heterocycles. The Labute approximate surface area is 173 Å². The van der Waals surface area contributed by atoms with Gasteiger partial charge < -0.3 is 24.8 Å². The molecule has 0 aliphatic heterocycles. The van der Waals surface area contributed by atoms with Gasteiger partial charge in [-0.25, -0.2) is 4.39 Å². The lowest BCUT2D eigenvalue weighted by Crippen LogP contribution is -2.34. The molecule has 0 aliphatic carbocycles. The molecule has 9 heteroatoms. The van der Waals surface area contributed by atoms with Gasteiger partial charge in [0, 0.05) is 12.1 Å². The van der Waals surface area contributed by atoms with Crippen LogP contribution in [0, 0.1) is 5.82 Å². The molecule has 0 spiro atoms. The summed E-state index contributed by atoms with van der Waals surface area (Å²) in [6, 6.07) is 10.3. The molecule has 0 aromatic heterocycles. The number of benzene rings is 2. The van der Waals surface area contributed by atoms with Crippen molar-refractivity contribution >= 4 is 17.8 Å². The SMILES string of the molecule is COc1ccc(CCNC(=O)COC(=O)CNC(=O)c2ccc(F)cc2)cc1OC. The molecule has 0 bridgehead atoms. The predicted octanol–water partition coefficient (Wildman–Crippen LogP) is 1.47. The van der Waals surface area contributed by atoms with Crippen LogP contribution in [0.15, 0.2) is 42.5 Å². The summed E-state index contributed by atoms with van der Waals surface area (Å²) in [7, 11) is 3.09. The van der Waals surface area contributed by atoms with Crippen LogP contribution in [0.5, 0.6) is 11.5 Å². The van der Waals surface area contributed by atoms with Gasteiger partial charge in [-0.1, -0.05) is 6.07 Å². The number of esters is 1. The van der Waals surface area contributed by atoms with Crippen molar-refractivity contribution < 1.29 is 33.0 Å². The van der Waals surface area contributed by atoms with Gasteiger partial charge in [0.25, 0.3) is 11.8 Å². The van der Waals surface area contributed by atoms with Gasteiger partial charge in [-0.05, 0) is 48.4 Å². The third kappa shape index (κ3) is 7.08. The van der Waals surface area contributed by atoms with Gasteiger partial charge in [-0.2, -0.15) is 0 Å². The van der Waals surface area contributed by atoms with Crippen molar-refractivity contribution in [1.29, 1.82) is 0 Å². The van der Waals surface area contributed by atoms with E-state index < -0.39 is 36.8 Å². The van der Waals surface area contributed by atoms with Crippen LogP contribution in [0.25, 0.3) is 0 Å². The van der Waals surface area contributed by atoms with Crippen LogP contribution in [0.2, 0.25) is 0 Å². The van der Waals surface area contributed by atoms with Gasteiger partial charge in [0.2, 0.25) is 0 Å². The van der Waals surface area contributed by atoms with Crippen LogP contribution in [0.4, 0.5) is 4.39 Å². The number of halogens is 1. The maximum Gasteiger partial charge on any atom is 0.325 e. The number of hydrogen-bond acceptors (Lipinski definition) is 6. The standard InChI is InChI=1S/C21H23FN2O6/c1-28-17-8-3-14(11-18(17)29-2)9-10-23-19(25)13-30-20(26)12-24-21(27)15-4-6-16(22)7-5-15/h3-8,11H,9-10,12-13H2,1-2H3,(H,23,25)(H,24,27). The van der Waals surface area contributed by atoms with Crippen molar-refractivity contribution in [3.05, 3.63) is 59.4 Å². The Morgan fingerprint density at radius 1 is 0.933 bits per heavy atom. The van der Waals surface area contributed by atoms with Crippen molar-refractivity contribution in [1.82, 2.24) is 10.6 Å². The Bertz CT molecular complexity index is 886. The van der Waals surface area contributed by atoms with Crippen LogP contribution in [0.1, 0.15) is 15.9 Å². The van der Waals surface area contributed by atoms with E-state index in [0.29, 0.717) is 24.5 Å². The van der Waals surface area contributed by atoms with E-state index in [4.69, 9.17) is 14.2 Å². The van der Waals surface area contributed by atoms with Crippen molar-refractivity contribution in [2.75, 3.05) is 33.9 Å². The number of carbonyl (C=O) groups excluding carboxylic acids is 3. The lowest BCUT2D eigenvalue weighted by molar-refractivity contribution is -0.147. The first-order chi connectivity index (χ1) is 14.4. The number of ether oxygens (including phenoxy) is 3. The van der Waals surface area contributed by atoms with E-state index in [9.17, 15) is 18.8 Å². The van der Waals surface area contributed by atoms with Gasteiger partial charge in [0.05, 0.1) is 14.2 Å². The summed E-state index contributed by atoms with van der Waals surface area (Å²) in [6.45, 7) is -0.528. The molecule has 0 saturated carbocycles. The summed E-state index contributed by atoms with van der Waals surface area (Å²) in [6.07, 6.45) is 0.549. The molecule has 0 unspecified atom stereocenters. The fourth-order valence-electron chi connectivity index (χ4n) is 2.49. The number of amides is 2. The van der Waals surface area contributed by atoms with E-state index >= 15 is 0 Å². The maximum atomic E-state index is 12.8. The van der Waals surface area contributed by atoms with Gasteiger partial charge in [-0.15, -0.1) is 0 Å². The lowest BCUT2D eigenvalue weighted by atomic mass is 10.1. The molecule has 0 atom stereocenters. The zero-order valence-electron chi connectivity index (χ0n) is 16.7. The van der Waals surface area contributed by atoms with E-state index in [1.165, 1.54) is 12.1 Å². The van der Waals surface area contributed by atoms with Crippen molar-refractivity contribution in [2.24, 2.45) is 0 Å². The Morgan fingerprint density at radius 2 is 1.63 bits per heavy atom. The molecule has 2 amide bonds. The molecule has 0 aliphatic rings. The monoisotopic (exact) mass is 418 g/mol. The van der Waals surface area contributed by atoms with Crippen LogP contribution in [0.3, 0.4) is 0 Å². The minimum Gasteiger partial charge on any atom is -0.493 e. The average Bonchev–Trinajstić information content (AvgIpc) is 2.76. The van der Waals surface area contributed by atoms with Crippen molar-refractivity contribution in [2.45, 2.75) is 6.42 Å². The van der Waals surface area contributed by atoms with Gasteiger partial charge >= 0.3 is 5.97 Å². The molecule has 30 heavy (non-hydrogen) atoms. The fourth-order valence-corrected chi connectivity index (χ4v) is 2.49. The summed E-state index contributed by atoms with van der Waals surface area (Å²) in [4.78, 5) is 35.3. The Kier molecular flexibility index (Phi) is 8.61. The number of hydrogen-bond donors (Lipinski definition) is 2. The fraction of sp³-hybridized carbons (Fsp3) is 0.286. The second-order valence-corrected chi connectivity index (χ2v) is 6.14. The molecule has 2 aromatic rings. The molecule has 0 fully saturated rings. The summed E-state index contributed by atoms with van der Waals surface area (Å²) in [5.41, 5.74) is 1.14. The van der Waals surface area contributed by atoms with E-state index in [1.54, 1.807) is 20.3 Å². The zero-order chi connectivity index (χ0) is 21.9. The number of methoxy groups -OCH3 is 2. The highest BCUT2D eigenvalue weighted by Gasteiger charge is 2.11. The van der Waals surface area contributed by atoms with Gasteiger partial charge in [0.15, 0.2) is 18.1 Å². The number of carbonyl (C=O) groups is 3. The highest BCUT2D eigenvalue weighted by molar-refractivity contribution is 5.96. The third-order valence-electron chi connectivity index (χ3n) is 4.05. The second-order valence-electron chi connectivity index (χ2n) is 6.14. The summed E-state index contributed by atoms with van der Waals surface area (Å²) >= 11 is 0. The van der Waals surface area contributed by atoms with Gasteiger partial charge in [0.1, 0.15) is 12.4 Å². The Hall–Kier alpha value is -3.62. The van der Waals surface area contributed by atoms with Crippen LogP contribution in [-0.2, 0) is 20.7 Å². The number of rotatable bonds is 10. The smallest absolute Gasteiger partial charge is 0.325 e. The largest absolute Gasteiger partial charge is 0.493 e. The van der Waals surface area contributed by atoms with E-state index in [1.807, 2.05) is 12.1 Å². The predicted molar refractivity (Wildman–Crippen MR) is 106 cm³/mol. The second kappa shape index (κ2) is 11.4. The van der Waals surface area contributed by atoms with Crippen LogP contribution < -0.4 is 20.1 Å². The summed E-state index contributed by atoms with van der Waals surface area (Å²) in [5.74, 6) is -1.04. The minimum absolute atomic E-state index is 0.206. The quantitative estimate of drug-likeness (QED) is 0.567. The topological polar surface area (TPSA) is 103 Å². The van der Waals surface area contributed by atoms with E-state index in [0.717, 1.165) is 17.7 Å². The molecule has 2 N–H and O–H groups in total. The zero-order valence-corrected chi connectivity index (χ0v) is 16.7. The summed E-state index contributed by atoms with van der Waals surface area (Å²) in [5, 5.41) is 4.97. The Morgan fingerprint density at radius 3 is 2.30 bits per heavy atom. The molecular weight excluding hydrogens is 395 g/mol. The molecule has 0 heterocycles. The average molecular weight is 418 g/mol. The lowest BCUT2D eigenvalue weighted by Gasteiger charge is -2.10. The molecule has 2 rings (SSSR count). The maximum absolute atomic E-state index is 12.8. The minimum atomic E-state index is -0.763. The highest BCUT2D eigenvalue weighted by Crippen LogP contribution is 2.27. The first kappa shape index (κ1) is 22.7. The Balaban J connectivity index is 1.66. The van der Waals surface area contributed by atoms with E-state index in [2.05, 4.69) is 10.6 Å². The molecular formula is C21H23FN2O6. The molecule has 160 valence electrons. The third-order valence-corrected chi connectivity index (χ3v) is 4.05. The van der Waals surface area contributed by atoms with Crippen LogP contribution in [-0.4, -0.2) is 51.7 Å². The van der Waals surface area contributed by atoms with Crippen molar-refractivity contribution in [3.8, 4) is 11.5 Å². The van der Waals surface area contributed by atoms with Gasteiger partial charge in [-0.3, -0.25) is 14.4 Å². The first-order valence-corrected chi connectivity index (χ1v) is 9.10. The van der Waals surface area contributed by atoms with Crippen molar-refractivity contribution in [3.63, 3.8) is 0 Å². The normalized spacial score (nSPS) is 10.1.